The fourth-order valence-electron chi connectivity index (χ4n) is 2.28. The number of anilines is 1. The predicted molar refractivity (Wildman–Crippen MR) is 79.7 cm³/mol. The molecule has 1 aliphatic heterocycles. The Balaban J connectivity index is 2.05. The summed E-state index contributed by atoms with van der Waals surface area (Å²) in [6.45, 7) is 3.99. The molecule has 3 rings (SSSR count). The average molecular weight is 286 g/mol. The molecule has 5 heteroatoms. The van der Waals surface area contributed by atoms with Crippen LogP contribution < -0.4 is 5.32 Å². The first-order chi connectivity index (χ1) is 9.47. The van der Waals surface area contributed by atoms with Gasteiger partial charge in [-0.1, -0.05) is 29.8 Å². The summed E-state index contributed by atoms with van der Waals surface area (Å²) < 4.78 is 27.8. The normalized spacial score (nSPS) is 15.6. The second-order valence-electron chi connectivity index (χ2n) is 4.85. The van der Waals surface area contributed by atoms with E-state index in [1.807, 2.05) is 32.0 Å². The van der Waals surface area contributed by atoms with E-state index < -0.39 is 10.0 Å². The van der Waals surface area contributed by atoms with Gasteiger partial charge in [0.15, 0.2) is 5.84 Å². The van der Waals surface area contributed by atoms with Crippen LogP contribution in [0.2, 0.25) is 0 Å². The molecule has 4 nitrogen and oxygen atoms in total. The van der Waals surface area contributed by atoms with Gasteiger partial charge in [0.1, 0.15) is 4.90 Å². The van der Waals surface area contributed by atoms with Crippen molar-refractivity contribution < 1.29 is 8.42 Å². The Kier molecular flexibility index (Phi) is 2.87. The minimum atomic E-state index is -3.57. The van der Waals surface area contributed by atoms with Crippen LogP contribution in [-0.4, -0.2) is 14.3 Å². The molecule has 0 saturated carbocycles. The summed E-state index contributed by atoms with van der Waals surface area (Å²) in [6.07, 6.45) is 0. The van der Waals surface area contributed by atoms with Crippen molar-refractivity contribution in [2.75, 3.05) is 5.32 Å². The summed E-state index contributed by atoms with van der Waals surface area (Å²) in [5.74, 6) is 0.382. The fraction of sp³-hybridized carbons (Fsp3) is 0.133. The van der Waals surface area contributed by atoms with E-state index in [-0.39, 0.29) is 4.90 Å². The van der Waals surface area contributed by atoms with Crippen molar-refractivity contribution in [3.8, 4) is 0 Å². The molecule has 0 radical (unpaired) electrons. The third-order valence-electron chi connectivity index (χ3n) is 3.27. The van der Waals surface area contributed by atoms with Crippen molar-refractivity contribution in [1.29, 1.82) is 0 Å². The molecule has 2 aromatic carbocycles. The molecule has 0 bridgehead atoms. The van der Waals surface area contributed by atoms with Crippen molar-refractivity contribution >= 4 is 21.5 Å². The second-order valence-corrected chi connectivity index (χ2v) is 6.43. The molecule has 1 aliphatic rings. The SMILES string of the molecule is Cc1ccc(NC2=NS(=O)(=O)c3ccccc32)c(C)c1. The lowest BCUT2D eigenvalue weighted by Crippen LogP contribution is -2.12. The number of fused-ring (bicyclic) bond motifs is 1. The van der Waals surface area contributed by atoms with Crippen molar-refractivity contribution in [2.24, 2.45) is 4.40 Å². The Morgan fingerprint density at radius 2 is 1.80 bits per heavy atom. The van der Waals surface area contributed by atoms with Crippen LogP contribution in [0.1, 0.15) is 16.7 Å². The maximum Gasteiger partial charge on any atom is 0.285 e. The third kappa shape index (κ3) is 2.10. The molecule has 0 amide bonds. The Bertz CT molecular complexity index is 824. The van der Waals surface area contributed by atoms with Gasteiger partial charge in [0, 0.05) is 11.3 Å². The number of benzene rings is 2. The number of aryl methyl sites for hydroxylation is 2. The molecule has 0 unspecified atom stereocenters. The van der Waals surface area contributed by atoms with Gasteiger partial charge in [0.2, 0.25) is 0 Å². The summed E-state index contributed by atoms with van der Waals surface area (Å²) in [5.41, 5.74) is 3.69. The van der Waals surface area contributed by atoms with E-state index in [1.165, 1.54) is 0 Å². The highest BCUT2D eigenvalue weighted by Crippen LogP contribution is 2.27. The van der Waals surface area contributed by atoms with Crippen LogP contribution >= 0.6 is 0 Å². The smallest absolute Gasteiger partial charge is 0.285 e. The van der Waals surface area contributed by atoms with Gasteiger partial charge in [-0.3, -0.25) is 0 Å². The van der Waals surface area contributed by atoms with Gasteiger partial charge in [-0.15, -0.1) is 4.40 Å². The molecule has 2 aromatic rings. The van der Waals surface area contributed by atoms with Crippen molar-refractivity contribution in [3.05, 3.63) is 59.2 Å². The molecule has 0 fully saturated rings. The number of sulfonamides is 1. The highest BCUT2D eigenvalue weighted by molar-refractivity contribution is 7.90. The molecule has 102 valence electrons. The van der Waals surface area contributed by atoms with Gasteiger partial charge in [-0.2, -0.15) is 8.42 Å². The molecule has 0 aromatic heterocycles. The lowest BCUT2D eigenvalue weighted by molar-refractivity contribution is 0.599. The van der Waals surface area contributed by atoms with E-state index in [4.69, 9.17) is 0 Å². The molecule has 0 spiro atoms. The van der Waals surface area contributed by atoms with Crippen molar-refractivity contribution in [3.63, 3.8) is 0 Å². The second kappa shape index (κ2) is 4.45. The Hall–Kier alpha value is -2.14. The molecule has 0 atom stereocenters. The summed E-state index contributed by atoms with van der Waals surface area (Å²) >= 11 is 0. The summed E-state index contributed by atoms with van der Waals surface area (Å²) in [7, 11) is -3.57. The summed E-state index contributed by atoms with van der Waals surface area (Å²) in [4.78, 5) is 0.257. The molecule has 1 N–H and O–H groups in total. The number of hydrogen-bond acceptors (Lipinski definition) is 3. The van der Waals surface area contributed by atoms with Crippen molar-refractivity contribution in [1.82, 2.24) is 0 Å². The van der Waals surface area contributed by atoms with Gasteiger partial charge >= 0.3 is 0 Å². The van der Waals surface area contributed by atoms with E-state index in [0.29, 0.717) is 11.4 Å². The largest absolute Gasteiger partial charge is 0.339 e. The fourth-order valence-corrected chi connectivity index (χ4v) is 3.45. The van der Waals surface area contributed by atoms with Gasteiger partial charge in [-0.25, -0.2) is 0 Å². The Morgan fingerprint density at radius 1 is 1.05 bits per heavy atom. The zero-order valence-electron chi connectivity index (χ0n) is 11.2. The molecule has 0 saturated heterocycles. The van der Waals surface area contributed by atoms with Gasteiger partial charge < -0.3 is 5.32 Å². The summed E-state index contributed by atoms with van der Waals surface area (Å²) in [5, 5.41) is 3.12. The first-order valence-corrected chi connectivity index (χ1v) is 7.70. The van der Waals surface area contributed by atoms with Gasteiger partial charge in [-0.05, 0) is 37.6 Å². The van der Waals surface area contributed by atoms with E-state index in [1.54, 1.807) is 24.3 Å². The molecular weight excluding hydrogens is 272 g/mol. The predicted octanol–water partition coefficient (Wildman–Crippen LogP) is 2.86. The van der Waals surface area contributed by atoms with Gasteiger partial charge in [0.05, 0.1) is 0 Å². The molecule has 0 aliphatic carbocycles. The van der Waals surface area contributed by atoms with Crippen molar-refractivity contribution in [2.45, 2.75) is 18.7 Å². The average Bonchev–Trinajstić information content (AvgIpc) is 2.65. The maximum atomic E-state index is 12.0. The minimum Gasteiger partial charge on any atom is -0.339 e. The maximum absolute atomic E-state index is 12.0. The molecular formula is C15H14N2O2S. The number of rotatable bonds is 1. The van der Waals surface area contributed by atoms with Crippen LogP contribution in [0, 0.1) is 13.8 Å². The highest BCUT2D eigenvalue weighted by Gasteiger charge is 2.28. The van der Waals surface area contributed by atoms with E-state index in [0.717, 1.165) is 16.8 Å². The lowest BCUT2D eigenvalue weighted by atomic mass is 10.1. The number of nitrogens with zero attached hydrogens (tertiary/aromatic N) is 1. The van der Waals surface area contributed by atoms with Crippen LogP contribution in [0.25, 0.3) is 0 Å². The Morgan fingerprint density at radius 3 is 2.55 bits per heavy atom. The van der Waals surface area contributed by atoms with Gasteiger partial charge in [0.25, 0.3) is 10.0 Å². The summed E-state index contributed by atoms with van der Waals surface area (Å²) in [6, 6.07) is 12.8. The zero-order chi connectivity index (χ0) is 14.3. The quantitative estimate of drug-likeness (QED) is 0.877. The standard InChI is InChI=1S/C15H14N2O2S/c1-10-7-8-13(11(2)9-10)16-15-12-5-3-4-6-14(12)20(18,19)17-15/h3-9H,1-2H3,(H,16,17). The molecule has 1 heterocycles. The minimum absolute atomic E-state index is 0.257. The number of hydrogen-bond donors (Lipinski definition) is 1. The topological polar surface area (TPSA) is 58.5 Å². The zero-order valence-corrected chi connectivity index (χ0v) is 12.0. The van der Waals surface area contributed by atoms with Crippen LogP contribution in [-0.2, 0) is 10.0 Å². The van der Waals surface area contributed by atoms with E-state index in [2.05, 4.69) is 9.71 Å². The number of nitrogens with one attached hydrogen (secondary N) is 1. The van der Waals surface area contributed by atoms with Crippen LogP contribution in [0.3, 0.4) is 0 Å². The first kappa shape index (κ1) is 12.9. The van der Waals surface area contributed by atoms with E-state index in [9.17, 15) is 8.42 Å². The van der Waals surface area contributed by atoms with Crippen LogP contribution in [0.15, 0.2) is 51.8 Å². The number of amidine groups is 1. The lowest BCUT2D eigenvalue weighted by Gasteiger charge is -2.10. The van der Waals surface area contributed by atoms with Crippen LogP contribution in [0.5, 0.6) is 0 Å². The third-order valence-corrected chi connectivity index (χ3v) is 4.60. The Labute approximate surface area is 118 Å². The highest BCUT2D eigenvalue weighted by atomic mass is 32.2. The van der Waals surface area contributed by atoms with Crippen LogP contribution in [0.4, 0.5) is 5.69 Å². The monoisotopic (exact) mass is 286 g/mol. The first-order valence-electron chi connectivity index (χ1n) is 6.26. The van der Waals surface area contributed by atoms with E-state index >= 15 is 0 Å². The molecule has 20 heavy (non-hydrogen) atoms.